The number of hydrogen-bond acceptors (Lipinski definition) is 12. The number of phosphoric acid groups is 1. The van der Waals surface area contributed by atoms with Crippen molar-refractivity contribution in [3.05, 3.63) is 122 Å². The maximum absolute atomic E-state index is 16.0. The minimum Gasteiger partial charge on any atom is -0.481 e. The number of aliphatic carboxylic acids is 1. The third kappa shape index (κ3) is 13.6. The van der Waals surface area contributed by atoms with Gasteiger partial charge in [-0.15, -0.1) is 0 Å². The molecule has 0 spiro atoms. The molecule has 1 saturated carbocycles. The van der Waals surface area contributed by atoms with Crippen LogP contribution in [0.3, 0.4) is 0 Å². The third-order valence-electron chi connectivity index (χ3n) is 14.7. The molecule has 3 aromatic carbocycles. The van der Waals surface area contributed by atoms with Gasteiger partial charge in [0.15, 0.2) is 21.3 Å². The number of carboxylic acid groups (broad SMARTS) is 1. The molecular formula is C54H51ClF10N7O12PS2. The van der Waals surface area contributed by atoms with Crippen molar-refractivity contribution < 1.29 is 99.1 Å². The predicted molar refractivity (Wildman–Crippen MR) is 292 cm³/mol. The van der Waals surface area contributed by atoms with E-state index in [1.54, 1.807) is 0 Å². The largest absolute Gasteiger partial charge is 0.524 e. The van der Waals surface area contributed by atoms with Crippen molar-refractivity contribution in [2.75, 3.05) is 16.8 Å². The first-order valence-corrected chi connectivity index (χ1v) is 31.3. The standard InChI is InChI=1S/C54H51ClF10N7O12PS2/c1-25-15-28(20-39(75)76)44(36(16-25)84-85(77,78)79)50(3,4)22-38(74)72(87(8,82)83)49-41-34(55)12-11-33(46(41)71(69-49)24-52(58,59)60)32-10-9-31(13-14-51(5,6)86(7,80)81)66-45(32)35(19-27-17-29(56)21-30(57)18-27)67-37(73)23-70-48-42(47(68-70)54(63,64)65)40-26(2)43(40)53(48,61)62/h9-12,15-18,21,26,35,40,43H,19-20,22-24H2,1-8H3,(H,67,73)(H,75,76)(H2,77,78,79). The van der Waals surface area contributed by atoms with E-state index in [2.05, 4.69) is 32.3 Å². The van der Waals surface area contributed by atoms with Crippen molar-refractivity contribution in [2.24, 2.45) is 11.8 Å². The minimum absolute atomic E-state index is 0.0268. The molecule has 19 nitrogen and oxygen atoms in total. The van der Waals surface area contributed by atoms with Crippen LogP contribution in [-0.4, -0.2) is 97.5 Å². The molecular weight excluding hydrogens is 1260 g/mol. The number of amides is 2. The molecule has 8 rings (SSSR count). The Bertz CT molecular complexity index is 4190. The number of pyridine rings is 1. The molecule has 0 saturated heterocycles. The monoisotopic (exact) mass is 1310 g/mol. The van der Waals surface area contributed by atoms with Gasteiger partial charge in [0.1, 0.15) is 46.6 Å². The van der Waals surface area contributed by atoms with E-state index in [-0.39, 0.29) is 41.6 Å². The SMILES string of the molecule is Cc1cc(CC(=O)O)c(C(C)(C)CC(=O)N(c2nn(CC(F)(F)F)c3c(-c4ccc(C#CC(C)(C)S(C)(=O)=O)nc4C(Cc4cc(F)cc(F)c4)NC(=O)Cn4nc(C(F)(F)F)c5c4C(F)(F)C4C(C)C54)ccc(Cl)c23)S(C)(=O)=O)c(OP(=O)(O)O)c1. The van der Waals surface area contributed by atoms with Crippen molar-refractivity contribution in [3.63, 3.8) is 0 Å². The topological polar surface area (TPSA) is 270 Å². The first-order valence-electron chi connectivity index (χ1n) is 25.6. The lowest BCUT2D eigenvalue weighted by atomic mass is 9.77. The molecule has 4 atom stereocenters. The van der Waals surface area contributed by atoms with Gasteiger partial charge < -0.3 is 14.9 Å². The molecule has 87 heavy (non-hydrogen) atoms. The van der Waals surface area contributed by atoms with Crippen molar-refractivity contribution in [3.8, 4) is 28.7 Å². The van der Waals surface area contributed by atoms with E-state index < -0.39 is 203 Å². The fourth-order valence-corrected chi connectivity index (χ4v) is 12.7. The number of anilines is 1. The van der Waals surface area contributed by atoms with Crippen LogP contribution < -0.4 is 14.1 Å². The van der Waals surface area contributed by atoms with Crippen LogP contribution in [0.25, 0.3) is 22.0 Å². The molecule has 2 aliphatic rings. The fourth-order valence-electron chi connectivity index (χ4n) is 11.0. The first kappa shape index (κ1) is 65.9. The van der Waals surface area contributed by atoms with Crippen LogP contribution in [0.4, 0.5) is 49.7 Å². The quantitative estimate of drug-likeness (QED) is 0.0354. The molecule has 4 unspecified atom stereocenters. The van der Waals surface area contributed by atoms with Gasteiger partial charge in [-0.1, -0.05) is 50.4 Å². The van der Waals surface area contributed by atoms with Gasteiger partial charge in [-0.25, -0.2) is 35.2 Å². The van der Waals surface area contributed by atoms with E-state index >= 15 is 17.6 Å². The highest BCUT2D eigenvalue weighted by molar-refractivity contribution is 7.93. The van der Waals surface area contributed by atoms with Gasteiger partial charge in [-0.2, -0.15) is 49.6 Å². The predicted octanol–water partition coefficient (Wildman–Crippen LogP) is 9.60. The summed E-state index contributed by atoms with van der Waals surface area (Å²) in [5, 5.41) is 18.3. The van der Waals surface area contributed by atoms with Crippen LogP contribution in [0, 0.1) is 42.2 Å². The third-order valence-corrected chi connectivity index (χ3v) is 18.5. The first-order chi connectivity index (χ1) is 39.7. The molecule has 6 aromatic rings. The Morgan fingerprint density at radius 3 is 2.10 bits per heavy atom. The average Bonchev–Trinajstić information content (AvgIpc) is 1.51. The number of sulfone groups is 1. The van der Waals surface area contributed by atoms with Gasteiger partial charge in [-0.05, 0) is 92.1 Å². The highest BCUT2D eigenvalue weighted by atomic mass is 35.5. The van der Waals surface area contributed by atoms with E-state index in [1.165, 1.54) is 47.6 Å². The number of aryl methyl sites for hydroxylation is 1. The van der Waals surface area contributed by atoms with Crippen molar-refractivity contribution in [1.82, 2.24) is 29.9 Å². The smallest absolute Gasteiger partial charge is 0.481 e. The molecule has 0 bridgehead atoms. The average molecular weight is 1310 g/mol. The van der Waals surface area contributed by atoms with Gasteiger partial charge in [0, 0.05) is 58.2 Å². The molecule has 3 aromatic heterocycles. The Morgan fingerprint density at radius 2 is 1.54 bits per heavy atom. The number of nitrogens with zero attached hydrogens (tertiary/aromatic N) is 6. The summed E-state index contributed by atoms with van der Waals surface area (Å²) in [6.45, 7) is 4.14. The minimum atomic E-state index is -5.45. The molecule has 1 fully saturated rings. The highest BCUT2D eigenvalue weighted by Gasteiger charge is 2.72. The van der Waals surface area contributed by atoms with Crippen molar-refractivity contribution in [1.29, 1.82) is 0 Å². The normalized spacial score (nSPS) is 17.3. The van der Waals surface area contributed by atoms with E-state index in [0.29, 0.717) is 12.3 Å². The second-order valence-corrected chi connectivity index (χ2v) is 28.4. The summed E-state index contributed by atoms with van der Waals surface area (Å²) < 4.78 is 220. The second-order valence-electron chi connectivity index (χ2n) is 22.4. The number of rotatable bonds is 18. The summed E-state index contributed by atoms with van der Waals surface area (Å²) in [6, 6.07) is 6.71. The molecule has 4 N–H and O–H groups in total. The second kappa shape index (κ2) is 22.5. The fraction of sp³-hybridized carbons (Fsp3) is 0.407. The maximum atomic E-state index is 16.0. The summed E-state index contributed by atoms with van der Waals surface area (Å²) in [5.74, 6) is -11.1. The van der Waals surface area contributed by atoms with Crippen LogP contribution in [0.1, 0.15) is 104 Å². The number of carboxylic acids is 1. The summed E-state index contributed by atoms with van der Waals surface area (Å²) in [7, 11) is -14.5. The van der Waals surface area contributed by atoms with Gasteiger partial charge >= 0.3 is 26.1 Å². The number of halogens is 11. The number of fused-ring (bicyclic) bond motifs is 4. The van der Waals surface area contributed by atoms with Crippen LogP contribution >= 0.6 is 19.4 Å². The van der Waals surface area contributed by atoms with E-state index in [0.717, 1.165) is 48.7 Å². The zero-order chi connectivity index (χ0) is 65.0. The Morgan fingerprint density at radius 1 is 0.920 bits per heavy atom. The van der Waals surface area contributed by atoms with Gasteiger partial charge in [0.25, 0.3) is 5.92 Å². The summed E-state index contributed by atoms with van der Waals surface area (Å²) in [5.41, 5.74) is -8.69. The van der Waals surface area contributed by atoms with Gasteiger partial charge in [0.05, 0.1) is 40.3 Å². The number of carbonyl (C=O) groups excluding carboxylic acids is 2. The number of benzene rings is 3. The number of hydrogen-bond donors (Lipinski definition) is 4. The van der Waals surface area contributed by atoms with Crippen molar-refractivity contribution in [2.45, 2.75) is 114 Å². The van der Waals surface area contributed by atoms with Crippen LogP contribution in [0.5, 0.6) is 5.75 Å². The zero-order valence-electron chi connectivity index (χ0n) is 46.7. The lowest BCUT2D eigenvalue weighted by Crippen LogP contribution is -2.40. The molecule has 33 heteroatoms. The number of alkyl halides is 8. The van der Waals surface area contributed by atoms with Crippen LogP contribution in [-0.2, 0) is 82.3 Å². The maximum Gasteiger partial charge on any atom is 0.524 e. The van der Waals surface area contributed by atoms with Gasteiger partial charge in [-0.3, -0.25) is 33.5 Å². The number of phosphoric ester groups is 1. The number of nitrogens with one attached hydrogen (secondary N) is 1. The van der Waals surface area contributed by atoms with Crippen molar-refractivity contribution >= 4 is 73.8 Å². The lowest BCUT2D eigenvalue weighted by Gasteiger charge is -2.31. The Balaban J connectivity index is 1.36. The number of aromatic nitrogens is 5. The molecule has 0 aliphatic heterocycles. The number of carbonyl (C=O) groups is 3. The van der Waals surface area contributed by atoms with Crippen LogP contribution in [0.15, 0.2) is 54.6 Å². The summed E-state index contributed by atoms with van der Waals surface area (Å²) in [4.78, 5) is 65.6. The van der Waals surface area contributed by atoms with Gasteiger partial charge in [0.2, 0.25) is 21.8 Å². The molecule has 2 amide bonds. The molecule has 468 valence electrons. The Hall–Kier alpha value is -7.10. The van der Waals surface area contributed by atoms with E-state index in [9.17, 15) is 77.0 Å². The molecule has 2 aliphatic carbocycles. The highest BCUT2D eigenvalue weighted by Crippen LogP contribution is 2.72. The molecule has 0 radical (unpaired) electrons. The Labute approximate surface area is 494 Å². The Kier molecular flexibility index (Phi) is 17.0. The lowest BCUT2D eigenvalue weighted by molar-refractivity contribution is -0.143. The van der Waals surface area contributed by atoms with Crippen LogP contribution in [0.2, 0.25) is 5.02 Å². The van der Waals surface area contributed by atoms with E-state index in [4.69, 9.17) is 16.1 Å². The zero-order valence-corrected chi connectivity index (χ0v) is 49.9. The summed E-state index contributed by atoms with van der Waals surface area (Å²) in [6.07, 6.45) is -11.9. The van der Waals surface area contributed by atoms with E-state index in [1.807, 2.05) is 0 Å². The summed E-state index contributed by atoms with van der Waals surface area (Å²) >= 11 is 6.78. The molecule has 3 heterocycles. The number of sulfonamides is 1.